The number of aliphatic carboxylic acids is 1. The normalized spacial score (nSPS) is 17.2. The number of fused-ring (bicyclic) bond motifs is 1. The molecule has 1 heterocycles. The van der Waals surface area contributed by atoms with Crippen molar-refractivity contribution in [1.82, 2.24) is 9.80 Å². The maximum Gasteiger partial charge on any atom is 0.410 e. The van der Waals surface area contributed by atoms with E-state index in [0.717, 1.165) is 16.3 Å². The molecule has 1 aliphatic rings. The van der Waals surface area contributed by atoms with Crippen LogP contribution in [0, 0.1) is 0 Å². The Morgan fingerprint density at radius 1 is 1.00 bits per heavy atom. The largest absolute Gasteiger partial charge is 0.480 e. The van der Waals surface area contributed by atoms with Gasteiger partial charge in [-0.05, 0) is 49.6 Å². The first-order chi connectivity index (χ1) is 13.2. The minimum atomic E-state index is -0.874. The molecule has 0 aliphatic carbocycles. The highest BCUT2D eigenvalue weighted by atomic mass is 16.6. The molecule has 0 aromatic heterocycles. The number of nitrogens with zero attached hydrogens (tertiary/aromatic N) is 2. The Balaban J connectivity index is 1.77. The van der Waals surface area contributed by atoms with E-state index in [0.29, 0.717) is 32.6 Å². The van der Waals surface area contributed by atoms with Gasteiger partial charge in [0, 0.05) is 26.2 Å². The van der Waals surface area contributed by atoms with Gasteiger partial charge in [-0.2, -0.15) is 0 Å². The lowest BCUT2D eigenvalue weighted by atomic mass is 10.0. The van der Waals surface area contributed by atoms with Gasteiger partial charge in [0.05, 0.1) is 0 Å². The van der Waals surface area contributed by atoms with E-state index in [4.69, 9.17) is 4.74 Å². The van der Waals surface area contributed by atoms with Crippen LogP contribution in [0.25, 0.3) is 10.8 Å². The van der Waals surface area contributed by atoms with Gasteiger partial charge in [0.25, 0.3) is 0 Å². The molecule has 0 saturated carbocycles. The van der Waals surface area contributed by atoms with Gasteiger partial charge in [0.1, 0.15) is 11.6 Å². The molecule has 2 aromatic carbocycles. The first-order valence-corrected chi connectivity index (χ1v) is 9.68. The van der Waals surface area contributed by atoms with Crippen molar-refractivity contribution in [2.24, 2.45) is 0 Å². The lowest BCUT2D eigenvalue weighted by Gasteiger charge is -2.29. The van der Waals surface area contributed by atoms with Gasteiger partial charge in [-0.1, -0.05) is 36.4 Å². The molecule has 150 valence electrons. The zero-order valence-corrected chi connectivity index (χ0v) is 16.7. The molecule has 0 spiro atoms. The van der Waals surface area contributed by atoms with Crippen molar-refractivity contribution in [2.75, 3.05) is 26.2 Å². The summed E-state index contributed by atoms with van der Waals surface area (Å²) < 4.78 is 5.46. The topological polar surface area (TPSA) is 70.1 Å². The van der Waals surface area contributed by atoms with Crippen LogP contribution in [-0.4, -0.2) is 58.7 Å². The molecular formula is C22H28N2O4. The maximum absolute atomic E-state index is 12.4. The molecule has 6 nitrogen and oxygen atoms in total. The molecule has 1 N–H and O–H groups in total. The fourth-order valence-corrected chi connectivity index (χ4v) is 3.59. The van der Waals surface area contributed by atoms with Gasteiger partial charge >= 0.3 is 12.1 Å². The summed E-state index contributed by atoms with van der Waals surface area (Å²) in [6.07, 6.45) is 0.364. The Morgan fingerprint density at radius 3 is 2.39 bits per heavy atom. The Hall–Kier alpha value is -2.60. The predicted octanol–water partition coefficient (Wildman–Crippen LogP) is 3.91. The Morgan fingerprint density at radius 2 is 1.71 bits per heavy atom. The quantitative estimate of drug-likeness (QED) is 0.869. The third kappa shape index (κ3) is 4.81. The number of carboxylic acids is 1. The standard InChI is InChI=1S/C22H28N2O4/c1-22(2,3)28-21(27)24-12-6-11-23(13-14-24)19(20(25)26)18-10-9-16-7-4-5-8-17(16)15-18/h4-5,7-10,15,19H,6,11-14H2,1-3H3,(H,25,26). The van der Waals surface area contributed by atoms with E-state index in [2.05, 4.69) is 0 Å². The second-order valence-corrected chi connectivity index (χ2v) is 8.20. The summed E-state index contributed by atoms with van der Waals surface area (Å²) in [6.45, 7) is 7.65. The van der Waals surface area contributed by atoms with E-state index in [1.807, 2.05) is 68.1 Å². The molecule has 6 heteroatoms. The van der Waals surface area contributed by atoms with Crippen LogP contribution in [0.4, 0.5) is 4.79 Å². The Bertz CT molecular complexity index is 859. The molecule has 1 aliphatic heterocycles. The highest BCUT2D eigenvalue weighted by Crippen LogP contribution is 2.26. The summed E-state index contributed by atoms with van der Waals surface area (Å²) in [6, 6.07) is 13.0. The SMILES string of the molecule is CC(C)(C)OC(=O)N1CCCN(C(C(=O)O)c2ccc3ccccc3c2)CC1. The van der Waals surface area contributed by atoms with Crippen molar-refractivity contribution >= 4 is 22.8 Å². The fourth-order valence-electron chi connectivity index (χ4n) is 3.59. The van der Waals surface area contributed by atoms with Crippen LogP contribution < -0.4 is 0 Å². The van der Waals surface area contributed by atoms with E-state index in [1.165, 1.54) is 0 Å². The second-order valence-electron chi connectivity index (χ2n) is 8.20. The van der Waals surface area contributed by atoms with Crippen LogP contribution in [0.15, 0.2) is 42.5 Å². The molecule has 0 radical (unpaired) electrons. The number of rotatable bonds is 3. The first-order valence-electron chi connectivity index (χ1n) is 9.68. The van der Waals surface area contributed by atoms with E-state index in [-0.39, 0.29) is 6.09 Å². The number of ether oxygens (including phenoxy) is 1. The number of benzene rings is 2. The Kier molecular flexibility index (Phi) is 5.89. The number of hydrogen-bond acceptors (Lipinski definition) is 4. The molecule has 0 bridgehead atoms. The van der Waals surface area contributed by atoms with Crippen molar-refractivity contribution in [2.45, 2.75) is 38.8 Å². The van der Waals surface area contributed by atoms with Gasteiger partial charge in [0.15, 0.2) is 0 Å². The van der Waals surface area contributed by atoms with Crippen molar-refractivity contribution in [3.8, 4) is 0 Å². The minimum absolute atomic E-state index is 0.341. The predicted molar refractivity (Wildman–Crippen MR) is 108 cm³/mol. The third-order valence-electron chi connectivity index (χ3n) is 4.87. The molecule has 1 fully saturated rings. The van der Waals surface area contributed by atoms with Crippen LogP contribution in [0.5, 0.6) is 0 Å². The monoisotopic (exact) mass is 384 g/mol. The molecule has 1 unspecified atom stereocenters. The molecule has 1 atom stereocenters. The highest BCUT2D eigenvalue weighted by Gasteiger charge is 2.31. The first kappa shape index (κ1) is 20.1. The van der Waals surface area contributed by atoms with Crippen molar-refractivity contribution in [1.29, 1.82) is 0 Å². The molecule has 3 rings (SSSR count). The van der Waals surface area contributed by atoms with E-state index in [9.17, 15) is 14.7 Å². The lowest BCUT2D eigenvalue weighted by Crippen LogP contribution is -2.40. The van der Waals surface area contributed by atoms with Crippen molar-refractivity contribution in [3.05, 3.63) is 48.0 Å². The number of carbonyl (C=O) groups excluding carboxylic acids is 1. The minimum Gasteiger partial charge on any atom is -0.480 e. The van der Waals surface area contributed by atoms with Gasteiger partial charge in [-0.15, -0.1) is 0 Å². The van der Waals surface area contributed by atoms with Gasteiger partial charge in [0.2, 0.25) is 0 Å². The zero-order chi connectivity index (χ0) is 20.3. The maximum atomic E-state index is 12.4. The lowest BCUT2D eigenvalue weighted by molar-refractivity contribution is -0.143. The van der Waals surface area contributed by atoms with Crippen LogP contribution >= 0.6 is 0 Å². The van der Waals surface area contributed by atoms with Crippen LogP contribution in [-0.2, 0) is 9.53 Å². The second kappa shape index (κ2) is 8.19. The molecule has 1 saturated heterocycles. The summed E-state index contributed by atoms with van der Waals surface area (Å²) >= 11 is 0. The van der Waals surface area contributed by atoms with Crippen molar-refractivity contribution < 1.29 is 19.4 Å². The van der Waals surface area contributed by atoms with E-state index >= 15 is 0 Å². The summed E-state index contributed by atoms with van der Waals surface area (Å²) in [5.41, 5.74) is 0.217. The average molecular weight is 384 g/mol. The van der Waals surface area contributed by atoms with E-state index < -0.39 is 17.6 Å². The highest BCUT2D eigenvalue weighted by molar-refractivity contribution is 5.85. The average Bonchev–Trinajstić information content (AvgIpc) is 2.86. The number of carbonyl (C=O) groups is 2. The van der Waals surface area contributed by atoms with Crippen LogP contribution in [0.1, 0.15) is 38.8 Å². The van der Waals surface area contributed by atoms with E-state index in [1.54, 1.807) is 4.90 Å². The summed E-state index contributed by atoms with van der Waals surface area (Å²) in [7, 11) is 0. The Labute approximate surface area is 165 Å². The molecular weight excluding hydrogens is 356 g/mol. The van der Waals surface area contributed by atoms with Crippen LogP contribution in [0.3, 0.4) is 0 Å². The zero-order valence-electron chi connectivity index (χ0n) is 16.7. The molecule has 2 aromatic rings. The number of hydrogen-bond donors (Lipinski definition) is 1. The van der Waals surface area contributed by atoms with Gasteiger partial charge < -0.3 is 14.7 Å². The van der Waals surface area contributed by atoms with Crippen molar-refractivity contribution in [3.63, 3.8) is 0 Å². The summed E-state index contributed by atoms with van der Waals surface area (Å²) in [4.78, 5) is 28.1. The third-order valence-corrected chi connectivity index (χ3v) is 4.87. The molecule has 28 heavy (non-hydrogen) atoms. The van der Waals surface area contributed by atoms with Gasteiger partial charge in [-0.25, -0.2) is 4.79 Å². The smallest absolute Gasteiger partial charge is 0.410 e. The van der Waals surface area contributed by atoms with Crippen LogP contribution in [0.2, 0.25) is 0 Å². The fraction of sp³-hybridized carbons (Fsp3) is 0.455. The van der Waals surface area contributed by atoms with Gasteiger partial charge in [-0.3, -0.25) is 9.69 Å². The molecule has 1 amide bonds. The number of amides is 1. The summed E-state index contributed by atoms with van der Waals surface area (Å²) in [5.74, 6) is -0.874. The summed E-state index contributed by atoms with van der Waals surface area (Å²) in [5, 5.41) is 12.0. The number of carboxylic acid groups (broad SMARTS) is 1.